The molecule has 0 aliphatic carbocycles. The zero-order chi connectivity index (χ0) is 23.7. The van der Waals surface area contributed by atoms with Crippen molar-refractivity contribution in [2.45, 2.75) is 26.4 Å². The molecule has 1 aromatic heterocycles. The summed E-state index contributed by atoms with van der Waals surface area (Å²) in [5.74, 6) is 0.825. The van der Waals surface area contributed by atoms with Crippen molar-refractivity contribution in [1.29, 1.82) is 0 Å². The fraction of sp³-hybridized carbons (Fsp3) is 0.148. The van der Waals surface area contributed by atoms with Crippen LogP contribution in [0.5, 0.6) is 0 Å². The lowest BCUT2D eigenvalue weighted by Crippen LogP contribution is -2.45. The van der Waals surface area contributed by atoms with Crippen LogP contribution in [0.15, 0.2) is 89.1 Å². The maximum Gasteiger partial charge on any atom is 0.322 e. The van der Waals surface area contributed by atoms with Gasteiger partial charge in [0.15, 0.2) is 0 Å². The van der Waals surface area contributed by atoms with Gasteiger partial charge in [-0.3, -0.25) is 4.90 Å². The van der Waals surface area contributed by atoms with Crippen LogP contribution in [0.2, 0.25) is 5.02 Å². The average Bonchev–Trinajstić information content (AvgIpc) is 3.32. The first-order valence-electron chi connectivity index (χ1n) is 11.0. The summed E-state index contributed by atoms with van der Waals surface area (Å²) in [6.07, 6.45) is 0. The van der Waals surface area contributed by atoms with E-state index in [0.717, 1.165) is 33.5 Å². The lowest BCUT2D eigenvalue weighted by molar-refractivity contribution is 0.203. The van der Waals surface area contributed by atoms with Gasteiger partial charge in [0.2, 0.25) is 5.82 Å². The summed E-state index contributed by atoms with van der Waals surface area (Å²) in [6.45, 7) is 4.39. The molecular formula is C27H23ClN4O2. The van der Waals surface area contributed by atoms with Crippen molar-refractivity contribution in [1.82, 2.24) is 20.4 Å². The number of aryl methyl sites for hydroxylation is 1. The number of aromatic nitrogens is 2. The highest BCUT2D eigenvalue weighted by atomic mass is 35.5. The molecule has 7 heteroatoms. The van der Waals surface area contributed by atoms with E-state index in [-0.39, 0.29) is 6.03 Å². The molecule has 2 amide bonds. The second-order valence-corrected chi connectivity index (χ2v) is 8.73. The Balaban J connectivity index is 1.59. The standard InChI is InChI=1S/C27H23ClN4O2/c1-17-7-6-8-19(15-17)16-32-18(2)23(24(29-27(32)33)20-9-4-3-5-10-20)26-30-25(31-34-26)21-11-13-22(28)14-12-21/h3-15,24H,16H2,1-2H3,(H,29,33). The predicted molar refractivity (Wildman–Crippen MR) is 132 cm³/mol. The highest BCUT2D eigenvalue weighted by Crippen LogP contribution is 2.37. The maximum absolute atomic E-state index is 13.2. The van der Waals surface area contributed by atoms with Crippen LogP contribution in [0.25, 0.3) is 17.0 Å². The first-order valence-corrected chi connectivity index (χ1v) is 11.4. The van der Waals surface area contributed by atoms with E-state index in [1.54, 1.807) is 17.0 Å². The van der Waals surface area contributed by atoms with Crippen LogP contribution in [-0.4, -0.2) is 21.1 Å². The van der Waals surface area contributed by atoms with E-state index >= 15 is 0 Å². The molecule has 0 saturated carbocycles. The Labute approximate surface area is 202 Å². The van der Waals surface area contributed by atoms with Crippen LogP contribution in [0.4, 0.5) is 4.79 Å². The molecular weight excluding hydrogens is 448 g/mol. The normalized spacial score (nSPS) is 16.0. The van der Waals surface area contributed by atoms with E-state index in [1.807, 2.05) is 74.5 Å². The number of halogens is 1. The molecule has 4 aromatic rings. The second-order valence-electron chi connectivity index (χ2n) is 8.30. The molecule has 6 nitrogen and oxygen atoms in total. The highest BCUT2D eigenvalue weighted by Gasteiger charge is 2.35. The molecule has 1 unspecified atom stereocenters. The van der Waals surface area contributed by atoms with Crippen LogP contribution in [0.3, 0.4) is 0 Å². The SMILES string of the molecule is CC1=C(c2nc(-c3ccc(Cl)cc3)no2)C(c2ccccc2)NC(=O)N1Cc1cccc(C)c1. The number of benzene rings is 3. The van der Waals surface area contributed by atoms with E-state index in [0.29, 0.717) is 23.3 Å². The zero-order valence-electron chi connectivity index (χ0n) is 18.8. The predicted octanol–water partition coefficient (Wildman–Crippen LogP) is 6.40. The molecule has 0 radical (unpaired) electrons. The number of urea groups is 1. The zero-order valence-corrected chi connectivity index (χ0v) is 19.6. The fourth-order valence-corrected chi connectivity index (χ4v) is 4.31. The number of rotatable bonds is 5. The fourth-order valence-electron chi connectivity index (χ4n) is 4.19. The van der Waals surface area contributed by atoms with Gasteiger partial charge >= 0.3 is 6.03 Å². The first-order chi connectivity index (χ1) is 16.5. The second kappa shape index (κ2) is 9.15. The third-order valence-electron chi connectivity index (χ3n) is 5.91. The van der Waals surface area contributed by atoms with Crippen molar-refractivity contribution in [2.24, 2.45) is 0 Å². The van der Waals surface area contributed by atoms with E-state index in [4.69, 9.17) is 16.1 Å². The van der Waals surface area contributed by atoms with Gasteiger partial charge in [-0.2, -0.15) is 4.98 Å². The van der Waals surface area contributed by atoms with Gasteiger partial charge in [0.1, 0.15) is 0 Å². The molecule has 1 aliphatic rings. The average molecular weight is 471 g/mol. The molecule has 34 heavy (non-hydrogen) atoms. The number of hydrogen-bond donors (Lipinski definition) is 1. The first kappa shape index (κ1) is 21.9. The molecule has 5 rings (SSSR count). The van der Waals surface area contributed by atoms with Gasteiger partial charge in [-0.15, -0.1) is 0 Å². The molecule has 0 saturated heterocycles. The van der Waals surface area contributed by atoms with E-state index in [2.05, 4.69) is 21.5 Å². The van der Waals surface area contributed by atoms with E-state index in [9.17, 15) is 4.79 Å². The lowest BCUT2D eigenvalue weighted by Gasteiger charge is -2.35. The largest absolute Gasteiger partial charge is 0.334 e. The maximum atomic E-state index is 13.2. The molecule has 0 spiro atoms. The van der Waals surface area contributed by atoms with Gasteiger partial charge < -0.3 is 9.84 Å². The van der Waals surface area contributed by atoms with Crippen LogP contribution in [0, 0.1) is 6.92 Å². The van der Waals surface area contributed by atoms with Gasteiger partial charge in [-0.25, -0.2) is 4.79 Å². The summed E-state index contributed by atoms with van der Waals surface area (Å²) < 4.78 is 5.73. The van der Waals surface area contributed by atoms with Gasteiger partial charge in [-0.05, 0) is 49.2 Å². The quantitative estimate of drug-likeness (QED) is 0.366. The third-order valence-corrected chi connectivity index (χ3v) is 6.16. The Morgan fingerprint density at radius 3 is 2.50 bits per heavy atom. The molecule has 170 valence electrons. The Hall–Kier alpha value is -3.90. The van der Waals surface area contributed by atoms with Crippen molar-refractivity contribution in [2.75, 3.05) is 0 Å². The minimum absolute atomic E-state index is 0.172. The van der Waals surface area contributed by atoms with Gasteiger partial charge in [0, 0.05) is 16.3 Å². The van der Waals surface area contributed by atoms with Crippen molar-refractivity contribution in [3.05, 3.63) is 112 Å². The number of nitrogens with one attached hydrogen (secondary N) is 1. The number of amides is 2. The molecule has 0 fully saturated rings. The molecule has 3 aromatic carbocycles. The number of allylic oxidation sites excluding steroid dienone is 1. The number of carbonyl (C=O) groups is 1. The molecule has 1 aliphatic heterocycles. The Morgan fingerprint density at radius 1 is 1.00 bits per heavy atom. The number of hydrogen-bond acceptors (Lipinski definition) is 4. The van der Waals surface area contributed by atoms with Crippen molar-refractivity contribution < 1.29 is 9.32 Å². The van der Waals surface area contributed by atoms with Crippen molar-refractivity contribution in [3.8, 4) is 11.4 Å². The van der Waals surface area contributed by atoms with Crippen LogP contribution < -0.4 is 5.32 Å². The van der Waals surface area contributed by atoms with Gasteiger partial charge in [-0.1, -0.05) is 76.9 Å². The lowest BCUT2D eigenvalue weighted by atomic mass is 9.94. The summed E-state index contributed by atoms with van der Waals surface area (Å²) in [7, 11) is 0. The van der Waals surface area contributed by atoms with Crippen molar-refractivity contribution >= 4 is 23.2 Å². The van der Waals surface area contributed by atoms with Crippen LogP contribution >= 0.6 is 11.6 Å². The third kappa shape index (κ3) is 4.32. The summed E-state index contributed by atoms with van der Waals surface area (Å²) in [4.78, 5) is 19.6. The topological polar surface area (TPSA) is 71.3 Å². The minimum Gasteiger partial charge on any atom is -0.334 e. The number of carbonyl (C=O) groups excluding carboxylic acids is 1. The summed E-state index contributed by atoms with van der Waals surface area (Å²) in [5.41, 5.74) is 5.46. The monoisotopic (exact) mass is 470 g/mol. The molecule has 0 bridgehead atoms. The smallest absolute Gasteiger partial charge is 0.322 e. The Kier molecular flexibility index (Phi) is 5.90. The number of nitrogens with zero attached hydrogens (tertiary/aromatic N) is 3. The minimum atomic E-state index is -0.416. The van der Waals surface area contributed by atoms with Crippen LogP contribution in [0.1, 0.15) is 35.5 Å². The summed E-state index contributed by atoms with van der Waals surface area (Å²) in [6, 6.07) is 24.6. The Bertz CT molecular complexity index is 1360. The van der Waals surface area contributed by atoms with Gasteiger partial charge in [0.05, 0.1) is 18.2 Å². The van der Waals surface area contributed by atoms with E-state index < -0.39 is 6.04 Å². The van der Waals surface area contributed by atoms with Crippen molar-refractivity contribution in [3.63, 3.8) is 0 Å². The summed E-state index contributed by atoms with van der Waals surface area (Å²) in [5, 5.41) is 7.97. The highest BCUT2D eigenvalue weighted by molar-refractivity contribution is 6.30. The van der Waals surface area contributed by atoms with Gasteiger partial charge in [0.25, 0.3) is 5.89 Å². The Morgan fingerprint density at radius 2 is 1.76 bits per heavy atom. The van der Waals surface area contributed by atoms with Crippen LogP contribution in [-0.2, 0) is 6.54 Å². The molecule has 1 atom stereocenters. The summed E-state index contributed by atoms with van der Waals surface area (Å²) >= 11 is 6.02. The molecule has 1 N–H and O–H groups in total. The molecule has 2 heterocycles. The van der Waals surface area contributed by atoms with E-state index in [1.165, 1.54) is 0 Å².